The number of aliphatic hydroxyl groups excluding tert-OH is 1. The van der Waals surface area contributed by atoms with Gasteiger partial charge in [0, 0.05) is 30.6 Å². The minimum Gasteiger partial charge on any atom is -0.455 e. The monoisotopic (exact) mass is 697 g/mol. The number of carbonyl (C=O) groups excluding carboxylic acids is 4. The summed E-state index contributed by atoms with van der Waals surface area (Å²) in [6.45, 7) is 0.0368. The Bertz CT molecular complexity index is 1550. The van der Waals surface area contributed by atoms with Crippen molar-refractivity contribution in [1.82, 2.24) is 10.2 Å². The fourth-order valence-corrected chi connectivity index (χ4v) is 7.77. The molecule has 45 heavy (non-hydrogen) atoms. The number of amides is 3. The number of esters is 1. The van der Waals surface area contributed by atoms with Crippen molar-refractivity contribution in [3.63, 3.8) is 0 Å². The topological polar surface area (TPSA) is 125 Å². The molecule has 0 aromatic heterocycles. The van der Waals surface area contributed by atoms with Crippen LogP contribution in [0.2, 0.25) is 5.02 Å². The fraction of sp³-hybridized carbons (Fsp3) is 0.394. The van der Waals surface area contributed by atoms with Crippen LogP contribution in [-0.2, 0) is 28.7 Å². The van der Waals surface area contributed by atoms with Crippen molar-refractivity contribution in [2.24, 2.45) is 11.8 Å². The molecule has 236 valence electrons. The number of carbonyl (C=O) groups is 4. The number of hydrogen-bond acceptors (Lipinski definition) is 7. The van der Waals surface area contributed by atoms with Gasteiger partial charge in [0.05, 0.1) is 23.2 Å². The molecule has 6 atom stereocenters. The zero-order chi connectivity index (χ0) is 31.7. The van der Waals surface area contributed by atoms with Crippen molar-refractivity contribution in [2.75, 3.05) is 31.1 Å². The van der Waals surface area contributed by atoms with Crippen LogP contribution in [0.15, 0.2) is 77.3 Å². The van der Waals surface area contributed by atoms with Gasteiger partial charge in [-0.3, -0.25) is 19.2 Å². The number of anilines is 1. The van der Waals surface area contributed by atoms with E-state index in [0.717, 1.165) is 0 Å². The fourth-order valence-electron chi connectivity index (χ4n) is 6.79. The van der Waals surface area contributed by atoms with Gasteiger partial charge in [-0.15, -0.1) is 0 Å². The molecule has 3 amide bonds. The number of halogens is 2. The molecule has 10 nitrogen and oxygen atoms in total. The van der Waals surface area contributed by atoms with Crippen molar-refractivity contribution >= 4 is 56.9 Å². The second-order valence-electron chi connectivity index (χ2n) is 11.5. The third-order valence-corrected chi connectivity index (χ3v) is 9.81. The number of ether oxygens (including phenoxy) is 2. The Balaban J connectivity index is 1.46. The van der Waals surface area contributed by atoms with Crippen LogP contribution in [0, 0.1) is 11.8 Å². The molecule has 2 saturated heterocycles. The Kier molecular flexibility index (Phi) is 9.15. The smallest absolute Gasteiger partial charge is 0.313 e. The first-order valence-electron chi connectivity index (χ1n) is 15.0. The van der Waals surface area contributed by atoms with Gasteiger partial charge in [-0.1, -0.05) is 82.1 Å². The van der Waals surface area contributed by atoms with E-state index in [2.05, 4.69) is 21.2 Å². The predicted octanol–water partition coefficient (Wildman–Crippen LogP) is 3.68. The standard InChI is InChI=1S/C33H33BrClN3O7/c34-21-18-33-27-26(28(21)45-33)32(43)44-24(20-10-3-1-4-11-20)19-36-25(40)14-5-2-8-15-37(23-13-7-6-12-22(23)35)31(42)29(33)38(30(27)41)16-9-17-39/h1-4,6-8,10-13,18,24,26-29,39H,5,9,14-17,19H2,(H,36,40)/b8-2-/t24-,26-,27+,28-,29-,33+/m0/s1. The van der Waals surface area contributed by atoms with E-state index in [1.807, 2.05) is 24.3 Å². The Morgan fingerprint density at radius 2 is 1.78 bits per heavy atom. The molecule has 2 aromatic carbocycles. The first-order chi connectivity index (χ1) is 21.8. The molecule has 6 rings (SSSR count). The summed E-state index contributed by atoms with van der Waals surface area (Å²) in [5.74, 6) is -3.87. The second-order valence-corrected chi connectivity index (χ2v) is 12.8. The van der Waals surface area contributed by atoms with Gasteiger partial charge in [0.25, 0.3) is 5.91 Å². The molecular weight excluding hydrogens is 666 g/mol. The molecule has 5 bridgehead atoms. The van der Waals surface area contributed by atoms with Crippen LogP contribution in [0.25, 0.3) is 0 Å². The summed E-state index contributed by atoms with van der Waals surface area (Å²) in [5, 5.41) is 12.9. The first kappa shape index (κ1) is 31.5. The average molecular weight is 699 g/mol. The largest absolute Gasteiger partial charge is 0.455 e. The van der Waals surface area contributed by atoms with Gasteiger partial charge in [0.2, 0.25) is 11.8 Å². The van der Waals surface area contributed by atoms with Crippen molar-refractivity contribution in [1.29, 1.82) is 0 Å². The van der Waals surface area contributed by atoms with E-state index >= 15 is 0 Å². The molecule has 4 aliphatic heterocycles. The van der Waals surface area contributed by atoms with Gasteiger partial charge in [-0.05, 0) is 36.6 Å². The lowest BCUT2D eigenvalue weighted by molar-refractivity contribution is -0.159. The van der Waals surface area contributed by atoms with E-state index < -0.39 is 53.5 Å². The molecule has 12 heteroatoms. The molecular formula is C33H33BrClN3O7. The van der Waals surface area contributed by atoms with Gasteiger partial charge in [0.15, 0.2) is 0 Å². The van der Waals surface area contributed by atoms with Gasteiger partial charge >= 0.3 is 5.97 Å². The summed E-state index contributed by atoms with van der Waals surface area (Å²) in [4.78, 5) is 58.8. The van der Waals surface area contributed by atoms with E-state index in [4.69, 9.17) is 21.1 Å². The maximum Gasteiger partial charge on any atom is 0.313 e. The van der Waals surface area contributed by atoms with Crippen LogP contribution in [0.1, 0.15) is 30.9 Å². The summed E-state index contributed by atoms with van der Waals surface area (Å²) in [5.41, 5.74) is -0.344. The second kappa shape index (κ2) is 13.1. The number of fused-ring (bicyclic) bond motifs is 2. The van der Waals surface area contributed by atoms with Crippen LogP contribution in [-0.4, -0.2) is 77.7 Å². The number of cyclic esters (lactones) is 1. The number of aliphatic hydroxyl groups is 1. The highest BCUT2D eigenvalue weighted by Gasteiger charge is 2.75. The van der Waals surface area contributed by atoms with Crippen LogP contribution < -0.4 is 10.2 Å². The maximum absolute atomic E-state index is 14.7. The third kappa shape index (κ3) is 5.71. The van der Waals surface area contributed by atoms with E-state index in [-0.39, 0.29) is 45.0 Å². The summed E-state index contributed by atoms with van der Waals surface area (Å²) in [7, 11) is 0. The van der Waals surface area contributed by atoms with Crippen molar-refractivity contribution in [3.8, 4) is 0 Å². The normalized spacial score (nSPS) is 31.0. The Labute approximate surface area is 274 Å². The lowest BCUT2D eigenvalue weighted by Gasteiger charge is -2.36. The number of benzene rings is 2. The van der Waals surface area contributed by atoms with Gasteiger partial charge in [0.1, 0.15) is 29.8 Å². The highest BCUT2D eigenvalue weighted by molar-refractivity contribution is 9.11. The SMILES string of the molecule is O=C1CC/C=C\CN(c2ccccc2Cl)C(=O)[C@@H]2N(CCCO)C(=O)[C@H]3[C@H](C(=O)O[C@H](c4ccccc4)CN1)[C@H]1O[C@@]23C=C1Br. The van der Waals surface area contributed by atoms with Crippen molar-refractivity contribution in [2.45, 2.75) is 43.1 Å². The highest BCUT2D eigenvalue weighted by atomic mass is 79.9. The van der Waals surface area contributed by atoms with Crippen LogP contribution >= 0.6 is 27.5 Å². The molecule has 0 radical (unpaired) electrons. The Morgan fingerprint density at radius 3 is 2.53 bits per heavy atom. The average Bonchev–Trinajstić information content (AvgIpc) is 3.63. The summed E-state index contributed by atoms with van der Waals surface area (Å²) < 4.78 is 13.1. The molecule has 1 spiro atoms. The first-order valence-corrected chi connectivity index (χ1v) is 16.1. The van der Waals surface area contributed by atoms with Crippen LogP contribution in [0.5, 0.6) is 0 Å². The maximum atomic E-state index is 14.7. The predicted molar refractivity (Wildman–Crippen MR) is 169 cm³/mol. The molecule has 2 N–H and O–H groups in total. The lowest BCUT2D eigenvalue weighted by Crippen LogP contribution is -2.56. The van der Waals surface area contributed by atoms with Crippen LogP contribution in [0.4, 0.5) is 5.69 Å². The quantitative estimate of drug-likeness (QED) is 0.361. The van der Waals surface area contributed by atoms with Crippen LogP contribution in [0.3, 0.4) is 0 Å². The number of para-hydroxylation sites is 1. The zero-order valence-corrected chi connectivity index (χ0v) is 26.7. The molecule has 0 aliphatic carbocycles. The summed E-state index contributed by atoms with van der Waals surface area (Å²) >= 11 is 10.1. The van der Waals surface area contributed by atoms with E-state index in [1.165, 1.54) is 9.80 Å². The van der Waals surface area contributed by atoms with Gasteiger partial charge in [-0.25, -0.2) is 0 Å². The molecule has 4 aliphatic rings. The van der Waals surface area contributed by atoms with Gasteiger partial charge < -0.3 is 29.7 Å². The number of allylic oxidation sites excluding steroid dienone is 1. The lowest BCUT2D eigenvalue weighted by atomic mass is 9.74. The minimum absolute atomic E-state index is 0.0430. The number of nitrogens with zero attached hydrogens (tertiary/aromatic N) is 2. The Hall–Kier alpha value is -3.51. The summed E-state index contributed by atoms with van der Waals surface area (Å²) in [6, 6.07) is 14.8. The van der Waals surface area contributed by atoms with E-state index in [1.54, 1.807) is 48.6 Å². The number of nitrogens with one attached hydrogen (secondary N) is 1. The van der Waals surface area contributed by atoms with Gasteiger partial charge in [-0.2, -0.15) is 0 Å². The molecule has 0 saturated carbocycles. The van der Waals surface area contributed by atoms with Crippen molar-refractivity contribution < 1.29 is 33.8 Å². The molecule has 4 heterocycles. The minimum atomic E-state index is -1.47. The molecule has 0 unspecified atom stereocenters. The molecule has 2 aromatic rings. The van der Waals surface area contributed by atoms with E-state index in [9.17, 15) is 24.3 Å². The number of rotatable bonds is 5. The number of hydrogen-bond donors (Lipinski definition) is 2. The summed E-state index contributed by atoms with van der Waals surface area (Å²) in [6.07, 6.45) is 4.50. The highest BCUT2D eigenvalue weighted by Crippen LogP contribution is 2.59. The van der Waals surface area contributed by atoms with Crippen molar-refractivity contribution in [3.05, 3.63) is 87.9 Å². The Morgan fingerprint density at radius 1 is 1.02 bits per heavy atom. The third-order valence-electron chi connectivity index (χ3n) is 8.81. The van der Waals surface area contributed by atoms with E-state index in [0.29, 0.717) is 27.2 Å². The zero-order valence-electron chi connectivity index (χ0n) is 24.3. The molecule has 2 fully saturated rings. The number of likely N-dealkylation sites (tertiary alicyclic amines) is 1.